The molecule has 0 fully saturated rings. The molecule has 0 radical (unpaired) electrons. The van der Waals surface area contributed by atoms with E-state index in [4.69, 9.17) is 0 Å². The third-order valence-corrected chi connectivity index (χ3v) is 3.90. The molecule has 19 heavy (non-hydrogen) atoms. The Labute approximate surface area is 120 Å². The van der Waals surface area contributed by atoms with Crippen LogP contribution in [0, 0.1) is 0 Å². The van der Waals surface area contributed by atoms with Crippen LogP contribution < -0.4 is 0 Å². The van der Waals surface area contributed by atoms with Crippen molar-refractivity contribution in [2.45, 2.75) is 85.5 Å². The number of rotatable bonds is 3. The van der Waals surface area contributed by atoms with Crippen molar-refractivity contribution < 1.29 is 0 Å². The van der Waals surface area contributed by atoms with Crippen LogP contribution in [0.5, 0.6) is 0 Å². The van der Waals surface area contributed by atoms with E-state index in [1.54, 1.807) is 16.7 Å². The molecule has 0 spiro atoms. The molecule has 0 amide bonds. The first-order valence-electron chi connectivity index (χ1n) is 7.78. The van der Waals surface area contributed by atoms with E-state index in [9.17, 15) is 0 Å². The van der Waals surface area contributed by atoms with Gasteiger partial charge in [-0.3, -0.25) is 0 Å². The first kappa shape index (κ1) is 16.3. The van der Waals surface area contributed by atoms with Gasteiger partial charge < -0.3 is 0 Å². The fourth-order valence-electron chi connectivity index (χ4n) is 2.69. The summed E-state index contributed by atoms with van der Waals surface area (Å²) in [6.07, 6.45) is 3.58. The molecule has 0 N–H and O–H groups in total. The van der Waals surface area contributed by atoms with Crippen molar-refractivity contribution in [2.24, 2.45) is 0 Å². The summed E-state index contributed by atoms with van der Waals surface area (Å²) in [7, 11) is 0. The Morgan fingerprint density at radius 3 is 1.79 bits per heavy atom. The van der Waals surface area contributed by atoms with Gasteiger partial charge in [0.25, 0.3) is 0 Å². The molecule has 0 nitrogen and oxygen atoms in total. The first-order valence-corrected chi connectivity index (χ1v) is 7.78. The SMILES string of the molecule is CCCc1c(CC)cc(C(C)(C)C)cc1C(C)(C)C. The molecular weight excluding hydrogens is 228 g/mol. The van der Waals surface area contributed by atoms with Crippen LogP contribution in [0.15, 0.2) is 12.1 Å². The zero-order chi connectivity index (χ0) is 14.8. The minimum Gasteiger partial charge on any atom is -0.0651 e. The van der Waals surface area contributed by atoms with Gasteiger partial charge in [-0.25, -0.2) is 0 Å². The monoisotopic (exact) mass is 260 g/mol. The second-order valence-corrected chi connectivity index (χ2v) is 7.77. The Hall–Kier alpha value is -0.780. The van der Waals surface area contributed by atoms with Gasteiger partial charge in [-0.1, -0.05) is 73.9 Å². The molecule has 0 saturated heterocycles. The predicted octanol–water partition coefficient (Wildman–Crippen LogP) is 5.80. The zero-order valence-electron chi connectivity index (χ0n) is 14.3. The van der Waals surface area contributed by atoms with Gasteiger partial charge in [0.2, 0.25) is 0 Å². The van der Waals surface area contributed by atoms with E-state index in [-0.39, 0.29) is 10.8 Å². The molecule has 1 aromatic rings. The molecule has 0 aliphatic rings. The first-order chi connectivity index (χ1) is 8.61. The number of hydrogen-bond acceptors (Lipinski definition) is 0. The molecule has 0 aliphatic carbocycles. The minimum atomic E-state index is 0.231. The van der Waals surface area contributed by atoms with E-state index in [1.165, 1.54) is 18.4 Å². The maximum atomic E-state index is 2.46. The highest BCUT2D eigenvalue weighted by Gasteiger charge is 2.23. The van der Waals surface area contributed by atoms with Gasteiger partial charge in [-0.2, -0.15) is 0 Å². The molecule has 0 aliphatic heterocycles. The lowest BCUT2D eigenvalue weighted by atomic mass is 9.75. The topological polar surface area (TPSA) is 0 Å². The summed E-state index contributed by atoms with van der Waals surface area (Å²) < 4.78 is 0. The highest BCUT2D eigenvalue weighted by atomic mass is 14.3. The van der Waals surface area contributed by atoms with Crippen LogP contribution in [-0.4, -0.2) is 0 Å². The van der Waals surface area contributed by atoms with E-state index >= 15 is 0 Å². The third-order valence-electron chi connectivity index (χ3n) is 3.90. The lowest BCUT2D eigenvalue weighted by Crippen LogP contribution is -2.20. The Morgan fingerprint density at radius 2 is 1.42 bits per heavy atom. The summed E-state index contributed by atoms with van der Waals surface area (Å²) in [5, 5.41) is 0. The van der Waals surface area contributed by atoms with Crippen molar-refractivity contribution >= 4 is 0 Å². The quantitative estimate of drug-likeness (QED) is 0.644. The summed E-state index contributed by atoms with van der Waals surface area (Å²) in [6.45, 7) is 18.5. The van der Waals surface area contributed by atoms with Crippen LogP contribution in [0.25, 0.3) is 0 Å². The van der Waals surface area contributed by atoms with Crippen molar-refractivity contribution in [1.29, 1.82) is 0 Å². The van der Waals surface area contributed by atoms with E-state index in [0.29, 0.717) is 0 Å². The van der Waals surface area contributed by atoms with Gasteiger partial charge in [0.1, 0.15) is 0 Å². The molecule has 0 heteroatoms. The predicted molar refractivity (Wildman–Crippen MR) is 87.2 cm³/mol. The summed E-state index contributed by atoms with van der Waals surface area (Å²) in [6, 6.07) is 4.91. The number of hydrogen-bond donors (Lipinski definition) is 0. The molecule has 0 atom stereocenters. The Balaban J connectivity index is 3.55. The van der Waals surface area contributed by atoms with Gasteiger partial charge in [0.15, 0.2) is 0 Å². The average Bonchev–Trinajstić information content (AvgIpc) is 2.26. The summed E-state index contributed by atoms with van der Waals surface area (Å²) >= 11 is 0. The fourth-order valence-corrected chi connectivity index (χ4v) is 2.69. The van der Waals surface area contributed by atoms with E-state index in [1.807, 2.05) is 0 Å². The lowest BCUT2D eigenvalue weighted by molar-refractivity contribution is 0.560. The highest BCUT2D eigenvalue weighted by molar-refractivity contribution is 5.45. The van der Waals surface area contributed by atoms with Gasteiger partial charge in [-0.05, 0) is 45.9 Å². The van der Waals surface area contributed by atoms with Gasteiger partial charge in [0, 0.05) is 0 Å². The van der Waals surface area contributed by atoms with E-state index < -0.39 is 0 Å². The molecular formula is C19H32. The molecule has 1 aromatic carbocycles. The maximum Gasteiger partial charge on any atom is -0.0129 e. The van der Waals surface area contributed by atoms with E-state index in [0.717, 1.165) is 6.42 Å². The zero-order valence-corrected chi connectivity index (χ0v) is 14.3. The molecule has 0 unspecified atom stereocenters. The molecule has 0 saturated carbocycles. The normalized spacial score (nSPS) is 12.8. The van der Waals surface area contributed by atoms with Crippen molar-refractivity contribution in [2.75, 3.05) is 0 Å². The Kier molecular flexibility index (Phi) is 4.87. The summed E-state index contributed by atoms with van der Waals surface area (Å²) in [4.78, 5) is 0. The maximum absolute atomic E-state index is 2.46. The largest absolute Gasteiger partial charge is 0.0651 e. The smallest absolute Gasteiger partial charge is 0.0129 e. The van der Waals surface area contributed by atoms with Crippen LogP contribution in [0.2, 0.25) is 0 Å². The standard InChI is InChI=1S/C19H32/c1-9-11-16-14(10-2)12-15(18(3,4)5)13-17(16)19(6,7)8/h12-13H,9-11H2,1-8H3. The summed E-state index contributed by atoms with van der Waals surface area (Å²) in [5.41, 5.74) is 6.65. The molecule has 0 bridgehead atoms. The second-order valence-electron chi connectivity index (χ2n) is 7.77. The Morgan fingerprint density at radius 1 is 0.842 bits per heavy atom. The van der Waals surface area contributed by atoms with Crippen LogP contribution in [-0.2, 0) is 23.7 Å². The van der Waals surface area contributed by atoms with Gasteiger partial charge in [-0.15, -0.1) is 0 Å². The molecule has 0 heterocycles. The Bertz CT molecular complexity index is 425. The van der Waals surface area contributed by atoms with Crippen LogP contribution in [0.4, 0.5) is 0 Å². The average molecular weight is 260 g/mol. The molecule has 1 rings (SSSR count). The third kappa shape index (κ3) is 3.84. The van der Waals surface area contributed by atoms with Crippen molar-refractivity contribution in [3.63, 3.8) is 0 Å². The van der Waals surface area contributed by atoms with Crippen molar-refractivity contribution in [3.05, 3.63) is 34.4 Å². The van der Waals surface area contributed by atoms with E-state index in [2.05, 4.69) is 67.5 Å². The lowest BCUT2D eigenvalue weighted by Gasteiger charge is -2.29. The van der Waals surface area contributed by atoms with Crippen LogP contribution in [0.1, 0.15) is 84.1 Å². The second kappa shape index (κ2) is 5.69. The minimum absolute atomic E-state index is 0.231. The molecule has 108 valence electrons. The number of aryl methyl sites for hydroxylation is 1. The van der Waals surface area contributed by atoms with Crippen molar-refractivity contribution in [3.8, 4) is 0 Å². The molecule has 0 aromatic heterocycles. The van der Waals surface area contributed by atoms with Gasteiger partial charge >= 0.3 is 0 Å². The van der Waals surface area contributed by atoms with Crippen LogP contribution >= 0.6 is 0 Å². The number of benzene rings is 1. The van der Waals surface area contributed by atoms with Crippen molar-refractivity contribution in [1.82, 2.24) is 0 Å². The fraction of sp³-hybridized carbons (Fsp3) is 0.684. The highest BCUT2D eigenvalue weighted by Crippen LogP contribution is 2.34. The van der Waals surface area contributed by atoms with Gasteiger partial charge in [0.05, 0.1) is 0 Å². The summed E-state index contributed by atoms with van der Waals surface area (Å²) in [5.74, 6) is 0. The van der Waals surface area contributed by atoms with Crippen LogP contribution in [0.3, 0.4) is 0 Å².